The van der Waals surface area contributed by atoms with Gasteiger partial charge in [-0.3, -0.25) is 25.8 Å². The van der Waals surface area contributed by atoms with Gasteiger partial charge in [-0.1, -0.05) is 28.1 Å². The number of carbonyl (C=O) groups is 2. The van der Waals surface area contributed by atoms with Crippen molar-refractivity contribution in [3.05, 3.63) is 63.1 Å². The number of hydrazine groups is 1. The molecule has 0 spiro atoms. The number of ether oxygens (including phenoxy) is 1. The van der Waals surface area contributed by atoms with Crippen LogP contribution in [-0.2, 0) is 4.79 Å². The fourth-order valence-electron chi connectivity index (χ4n) is 2.27. The summed E-state index contributed by atoms with van der Waals surface area (Å²) in [5.41, 5.74) is 8.42. The predicted molar refractivity (Wildman–Crippen MR) is 112 cm³/mol. The van der Waals surface area contributed by atoms with Crippen LogP contribution in [0.1, 0.15) is 27.0 Å². The Balaban J connectivity index is 1.78. The molecule has 0 atom stereocenters. The van der Waals surface area contributed by atoms with Crippen LogP contribution in [0.15, 0.2) is 40.9 Å². The molecule has 0 saturated carbocycles. The van der Waals surface area contributed by atoms with Crippen LogP contribution in [0.3, 0.4) is 0 Å². The van der Waals surface area contributed by atoms with Gasteiger partial charge in [0.1, 0.15) is 5.75 Å². The molecule has 0 aliphatic rings. The summed E-state index contributed by atoms with van der Waals surface area (Å²) in [6.45, 7) is 5.65. The Kier molecular flexibility index (Phi) is 7.32. The van der Waals surface area contributed by atoms with Gasteiger partial charge in [0.25, 0.3) is 11.8 Å². The van der Waals surface area contributed by atoms with Gasteiger partial charge in [0.2, 0.25) is 0 Å². The van der Waals surface area contributed by atoms with Gasteiger partial charge in [0.15, 0.2) is 11.7 Å². The molecular weight excluding hydrogens is 430 g/mol. The maximum Gasteiger partial charge on any atom is 0.276 e. The second-order valence-electron chi connectivity index (χ2n) is 6.03. The van der Waals surface area contributed by atoms with E-state index in [4.69, 9.17) is 17.0 Å². The molecule has 0 saturated heterocycles. The van der Waals surface area contributed by atoms with Gasteiger partial charge < -0.3 is 4.74 Å². The molecule has 0 bridgehead atoms. The first kappa shape index (κ1) is 20.9. The fraction of sp³-hybridized carbons (Fsp3) is 0.211. The van der Waals surface area contributed by atoms with Crippen molar-refractivity contribution in [3.8, 4) is 5.75 Å². The lowest BCUT2D eigenvalue weighted by atomic mass is 10.1. The summed E-state index contributed by atoms with van der Waals surface area (Å²) in [4.78, 5) is 24.0. The highest BCUT2D eigenvalue weighted by Crippen LogP contribution is 2.17. The average Bonchev–Trinajstić information content (AvgIpc) is 2.59. The molecule has 2 rings (SSSR count). The summed E-state index contributed by atoms with van der Waals surface area (Å²) in [6.07, 6.45) is 0. The molecule has 142 valence electrons. The van der Waals surface area contributed by atoms with E-state index in [0.29, 0.717) is 11.3 Å². The molecule has 0 heterocycles. The normalized spacial score (nSPS) is 10.1. The molecule has 0 aliphatic heterocycles. The molecule has 6 nitrogen and oxygen atoms in total. The number of rotatable bonds is 4. The van der Waals surface area contributed by atoms with Crippen LogP contribution in [-0.4, -0.2) is 23.5 Å². The van der Waals surface area contributed by atoms with Crippen molar-refractivity contribution < 1.29 is 14.3 Å². The maximum atomic E-state index is 12.1. The van der Waals surface area contributed by atoms with Gasteiger partial charge in [-0.25, -0.2) is 0 Å². The van der Waals surface area contributed by atoms with E-state index in [2.05, 4.69) is 32.1 Å². The van der Waals surface area contributed by atoms with Gasteiger partial charge in [-0.15, -0.1) is 0 Å². The monoisotopic (exact) mass is 449 g/mol. The van der Waals surface area contributed by atoms with Crippen molar-refractivity contribution in [1.29, 1.82) is 0 Å². The molecule has 2 aromatic carbocycles. The number of aryl methyl sites for hydroxylation is 3. The molecule has 2 amide bonds. The number of benzene rings is 2. The Bertz CT molecular complexity index is 866. The van der Waals surface area contributed by atoms with Crippen molar-refractivity contribution >= 4 is 45.1 Å². The first-order valence-electron chi connectivity index (χ1n) is 8.12. The van der Waals surface area contributed by atoms with E-state index in [0.717, 1.165) is 21.2 Å². The first-order chi connectivity index (χ1) is 12.7. The van der Waals surface area contributed by atoms with Gasteiger partial charge >= 0.3 is 0 Å². The predicted octanol–water partition coefficient (Wildman–Crippen LogP) is 3.09. The Labute approximate surface area is 171 Å². The summed E-state index contributed by atoms with van der Waals surface area (Å²) >= 11 is 8.39. The average molecular weight is 450 g/mol. The minimum atomic E-state index is -0.427. The Hall–Kier alpha value is -2.45. The minimum Gasteiger partial charge on any atom is -0.484 e. The van der Waals surface area contributed by atoms with Crippen LogP contribution in [0, 0.1) is 20.8 Å². The van der Waals surface area contributed by atoms with E-state index >= 15 is 0 Å². The third kappa shape index (κ3) is 6.65. The lowest BCUT2D eigenvalue weighted by molar-refractivity contribution is -0.123. The molecule has 2 aromatic rings. The van der Waals surface area contributed by atoms with Crippen molar-refractivity contribution in [2.24, 2.45) is 0 Å². The number of nitrogens with one attached hydrogen (secondary N) is 3. The Morgan fingerprint density at radius 3 is 2.33 bits per heavy atom. The van der Waals surface area contributed by atoms with Crippen LogP contribution in [0.4, 0.5) is 0 Å². The van der Waals surface area contributed by atoms with Gasteiger partial charge in [-0.05, 0) is 73.9 Å². The molecule has 0 radical (unpaired) electrons. The standard InChI is InChI=1S/C19H20BrN3O3S/c1-11-6-12(2)8-15(7-11)26-10-17(24)22-23-19(27)21-18(25)14-5-4-13(3)16(20)9-14/h4-9H,10H2,1-3H3,(H,22,24)(H2,21,23,25,27). The first-order valence-corrected chi connectivity index (χ1v) is 9.32. The number of hydrogen-bond acceptors (Lipinski definition) is 4. The van der Waals surface area contributed by atoms with Crippen LogP contribution in [0.5, 0.6) is 5.75 Å². The highest BCUT2D eigenvalue weighted by molar-refractivity contribution is 9.10. The van der Waals surface area contributed by atoms with E-state index in [1.165, 1.54) is 0 Å². The quantitative estimate of drug-likeness (QED) is 0.493. The lowest BCUT2D eigenvalue weighted by Crippen LogP contribution is -2.49. The summed E-state index contributed by atoms with van der Waals surface area (Å²) in [5, 5.41) is 2.47. The van der Waals surface area contributed by atoms with E-state index in [-0.39, 0.29) is 17.6 Å². The largest absolute Gasteiger partial charge is 0.484 e. The summed E-state index contributed by atoms with van der Waals surface area (Å²) in [6, 6.07) is 10.9. The summed E-state index contributed by atoms with van der Waals surface area (Å²) in [7, 11) is 0. The maximum absolute atomic E-state index is 12.1. The zero-order chi connectivity index (χ0) is 20.0. The van der Waals surface area contributed by atoms with Crippen molar-refractivity contribution in [2.45, 2.75) is 20.8 Å². The number of hydrogen-bond donors (Lipinski definition) is 3. The van der Waals surface area contributed by atoms with Gasteiger partial charge in [0, 0.05) is 10.0 Å². The van der Waals surface area contributed by atoms with Gasteiger partial charge in [-0.2, -0.15) is 0 Å². The summed E-state index contributed by atoms with van der Waals surface area (Å²) < 4.78 is 6.27. The smallest absolute Gasteiger partial charge is 0.276 e. The molecule has 8 heteroatoms. The fourth-order valence-corrected chi connectivity index (χ4v) is 2.79. The van der Waals surface area contributed by atoms with Crippen LogP contribution >= 0.6 is 28.1 Å². The van der Waals surface area contributed by atoms with Crippen molar-refractivity contribution in [1.82, 2.24) is 16.2 Å². The van der Waals surface area contributed by atoms with E-state index in [9.17, 15) is 9.59 Å². The highest BCUT2D eigenvalue weighted by atomic mass is 79.9. The molecule has 0 aromatic heterocycles. The van der Waals surface area contributed by atoms with E-state index < -0.39 is 5.91 Å². The van der Waals surface area contributed by atoms with Gasteiger partial charge in [0.05, 0.1) is 0 Å². The number of amides is 2. The van der Waals surface area contributed by atoms with Crippen LogP contribution in [0.25, 0.3) is 0 Å². The molecule has 0 aliphatic carbocycles. The molecule has 27 heavy (non-hydrogen) atoms. The SMILES string of the molecule is Cc1cc(C)cc(OCC(=O)NNC(=S)NC(=O)c2ccc(C)c(Br)c2)c1. The van der Waals surface area contributed by atoms with E-state index in [1.807, 2.05) is 45.0 Å². The number of thiocarbonyl (C=S) groups is 1. The topological polar surface area (TPSA) is 79.5 Å². The lowest BCUT2D eigenvalue weighted by Gasteiger charge is -2.12. The second-order valence-corrected chi connectivity index (χ2v) is 7.30. The Morgan fingerprint density at radius 2 is 1.70 bits per heavy atom. The summed E-state index contributed by atoms with van der Waals surface area (Å²) in [5.74, 6) is -0.193. The zero-order valence-electron chi connectivity index (χ0n) is 15.2. The van der Waals surface area contributed by atoms with Crippen molar-refractivity contribution in [3.63, 3.8) is 0 Å². The molecule has 3 N–H and O–H groups in total. The molecular formula is C19H20BrN3O3S. The zero-order valence-corrected chi connectivity index (χ0v) is 17.6. The Morgan fingerprint density at radius 1 is 1.04 bits per heavy atom. The molecule has 0 fully saturated rings. The second kappa shape index (κ2) is 9.48. The number of halogens is 1. The number of carbonyl (C=O) groups excluding carboxylic acids is 2. The van der Waals surface area contributed by atoms with E-state index in [1.54, 1.807) is 12.1 Å². The molecule has 0 unspecified atom stereocenters. The van der Waals surface area contributed by atoms with Crippen LogP contribution < -0.4 is 20.9 Å². The van der Waals surface area contributed by atoms with Crippen LogP contribution in [0.2, 0.25) is 0 Å². The highest BCUT2D eigenvalue weighted by Gasteiger charge is 2.10. The van der Waals surface area contributed by atoms with Crippen molar-refractivity contribution in [2.75, 3.05) is 6.61 Å². The third-order valence-corrected chi connectivity index (χ3v) is 4.60. The third-order valence-electron chi connectivity index (χ3n) is 3.54. The minimum absolute atomic E-state index is 0.0172.